The molecule has 1 fully saturated rings. The van der Waals surface area contributed by atoms with Crippen molar-refractivity contribution in [2.45, 2.75) is 64.1 Å². The number of carbonyl (C=O) groups excluding carboxylic acids is 1. The molecule has 0 spiro atoms. The molecule has 1 aliphatic carbocycles. The Hall–Kier alpha value is -1.24. The van der Waals surface area contributed by atoms with Crippen LogP contribution in [0.5, 0.6) is 0 Å². The lowest BCUT2D eigenvalue weighted by molar-refractivity contribution is -0.158. The molecule has 0 saturated heterocycles. The lowest BCUT2D eigenvalue weighted by Gasteiger charge is -2.26. The number of hydrogen-bond acceptors (Lipinski definition) is 5. The van der Waals surface area contributed by atoms with E-state index in [4.69, 9.17) is 0 Å². The predicted molar refractivity (Wildman–Crippen MR) is 84.8 cm³/mol. The van der Waals surface area contributed by atoms with Crippen LogP contribution in [-0.4, -0.2) is 51.0 Å². The minimum absolute atomic E-state index is 0.276. The maximum absolute atomic E-state index is 11.9. The first-order valence-electron chi connectivity index (χ1n) is 8.30. The number of carbonyl (C=O) groups is 2. The predicted octanol–water partition coefficient (Wildman–Crippen LogP) is 1.28. The largest absolute Gasteiger partial charge is 0.480 e. The number of rotatable bonds is 10. The summed E-state index contributed by atoms with van der Waals surface area (Å²) in [5.74, 6) is -3.05. The number of carboxylic acid groups (broad SMARTS) is 1. The van der Waals surface area contributed by atoms with Crippen LogP contribution in [0.2, 0.25) is 0 Å². The Morgan fingerprint density at radius 3 is 2.65 bits per heavy atom. The standard InChI is InChI=1S/C17H28O6/c1-2-3-4-5-7-12(19)8-6-9-13-14(20)10-15(21)17(13,11-18)16(22)23/h6,9,12-14,18-20H,2-5,7-8,10-11H2,1H3,(H,22,23)/b9-6+/t12?,13-,14+,17?/m0/s1. The highest BCUT2D eigenvalue weighted by molar-refractivity contribution is 6.06. The van der Waals surface area contributed by atoms with Crippen molar-refractivity contribution in [1.82, 2.24) is 0 Å². The highest BCUT2D eigenvalue weighted by Crippen LogP contribution is 2.41. The van der Waals surface area contributed by atoms with Crippen molar-refractivity contribution in [3.8, 4) is 0 Å². The van der Waals surface area contributed by atoms with Gasteiger partial charge in [0, 0.05) is 12.3 Å². The average molecular weight is 328 g/mol. The van der Waals surface area contributed by atoms with Gasteiger partial charge in [-0.1, -0.05) is 44.8 Å². The van der Waals surface area contributed by atoms with Gasteiger partial charge < -0.3 is 20.4 Å². The monoisotopic (exact) mass is 328 g/mol. The second-order valence-corrected chi connectivity index (χ2v) is 6.32. The van der Waals surface area contributed by atoms with Gasteiger partial charge in [0.2, 0.25) is 0 Å². The molecule has 2 unspecified atom stereocenters. The van der Waals surface area contributed by atoms with E-state index in [9.17, 15) is 30.0 Å². The number of unbranched alkanes of at least 4 members (excludes halogenated alkanes) is 3. The summed E-state index contributed by atoms with van der Waals surface area (Å²) < 4.78 is 0. The Balaban J connectivity index is 2.62. The van der Waals surface area contributed by atoms with Crippen LogP contribution < -0.4 is 0 Å². The summed E-state index contributed by atoms with van der Waals surface area (Å²) in [7, 11) is 0. The molecule has 132 valence electrons. The molecule has 0 aromatic rings. The Morgan fingerprint density at radius 2 is 2.09 bits per heavy atom. The number of carboxylic acids is 1. The summed E-state index contributed by atoms with van der Waals surface area (Å²) in [5, 5.41) is 38.6. The summed E-state index contributed by atoms with van der Waals surface area (Å²) in [6.07, 6.45) is 6.41. The molecule has 23 heavy (non-hydrogen) atoms. The zero-order valence-electron chi connectivity index (χ0n) is 13.6. The molecule has 0 aliphatic heterocycles. The van der Waals surface area contributed by atoms with E-state index in [0.29, 0.717) is 12.8 Å². The number of Topliss-reactive ketones (excluding diaryl/α,β-unsaturated/α-hetero) is 1. The van der Waals surface area contributed by atoms with E-state index in [1.54, 1.807) is 6.08 Å². The summed E-state index contributed by atoms with van der Waals surface area (Å²) in [6.45, 7) is 1.27. The van der Waals surface area contributed by atoms with Crippen LogP contribution in [0, 0.1) is 11.3 Å². The fourth-order valence-corrected chi connectivity index (χ4v) is 3.14. The Morgan fingerprint density at radius 1 is 1.39 bits per heavy atom. The molecule has 0 radical (unpaired) electrons. The summed E-state index contributed by atoms with van der Waals surface area (Å²) >= 11 is 0. The molecular formula is C17H28O6. The quantitative estimate of drug-likeness (QED) is 0.273. The smallest absolute Gasteiger partial charge is 0.320 e. The Kier molecular flexibility index (Phi) is 7.88. The maximum Gasteiger partial charge on any atom is 0.320 e. The van der Waals surface area contributed by atoms with Crippen molar-refractivity contribution in [1.29, 1.82) is 0 Å². The molecule has 1 saturated carbocycles. The van der Waals surface area contributed by atoms with E-state index < -0.39 is 41.9 Å². The van der Waals surface area contributed by atoms with E-state index in [1.807, 2.05) is 0 Å². The average Bonchev–Trinajstić information content (AvgIpc) is 2.75. The van der Waals surface area contributed by atoms with Gasteiger partial charge in [-0.05, 0) is 12.8 Å². The topological polar surface area (TPSA) is 115 Å². The molecule has 4 N–H and O–H groups in total. The second kappa shape index (κ2) is 9.15. The molecule has 6 heteroatoms. The third-order valence-electron chi connectivity index (χ3n) is 4.65. The number of ketones is 1. The first-order chi connectivity index (χ1) is 10.9. The van der Waals surface area contributed by atoms with Gasteiger partial charge in [0.1, 0.15) is 0 Å². The summed E-state index contributed by atoms with van der Waals surface area (Å²) in [5.41, 5.74) is -1.97. The van der Waals surface area contributed by atoms with E-state index in [1.165, 1.54) is 6.08 Å². The fraction of sp³-hybridized carbons (Fsp3) is 0.765. The molecular weight excluding hydrogens is 300 g/mol. The van der Waals surface area contributed by atoms with Gasteiger partial charge >= 0.3 is 5.97 Å². The number of aliphatic hydroxyl groups excluding tert-OH is 3. The van der Waals surface area contributed by atoms with Gasteiger partial charge in [-0.15, -0.1) is 0 Å². The van der Waals surface area contributed by atoms with Crippen LogP contribution in [0.1, 0.15) is 51.9 Å². The third kappa shape index (κ3) is 4.62. The van der Waals surface area contributed by atoms with Crippen LogP contribution in [0.25, 0.3) is 0 Å². The van der Waals surface area contributed by atoms with Gasteiger partial charge in [0.25, 0.3) is 0 Å². The fourth-order valence-electron chi connectivity index (χ4n) is 3.14. The minimum atomic E-state index is -1.97. The molecule has 0 aromatic carbocycles. The number of aliphatic hydroxyl groups is 3. The molecule has 4 atom stereocenters. The van der Waals surface area contributed by atoms with Crippen molar-refractivity contribution in [2.75, 3.05) is 6.61 Å². The second-order valence-electron chi connectivity index (χ2n) is 6.32. The maximum atomic E-state index is 11.9. The van der Waals surface area contributed by atoms with Crippen LogP contribution in [0.3, 0.4) is 0 Å². The van der Waals surface area contributed by atoms with Gasteiger partial charge in [-0.3, -0.25) is 9.59 Å². The van der Waals surface area contributed by atoms with Crippen molar-refractivity contribution in [2.24, 2.45) is 11.3 Å². The molecule has 0 amide bonds. The SMILES string of the molecule is CCCCCCC(O)C/C=C/[C@H]1[C@H](O)CC(=O)C1(CO)C(=O)O. The number of hydrogen-bond donors (Lipinski definition) is 4. The normalized spacial score (nSPS) is 29.3. The zero-order chi connectivity index (χ0) is 17.5. The highest BCUT2D eigenvalue weighted by Gasteiger charge is 2.58. The van der Waals surface area contributed by atoms with Crippen LogP contribution in [0.4, 0.5) is 0 Å². The van der Waals surface area contributed by atoms with Gasteiger partial charge in [0.15, 0.2) is 11.2 Å². The molecule has 0 aromatic heterocycles. The molecule has 0 bridgehead atoms. The molecule has 1 rings (SSSR count). The van der Waals surface area contributed by atoms with Crippen molar-refractivity contribution >= 4 is 11.8 Å². The van der Waals surface area contributed by atoms with Crippen LogP contribution >= 0.6 is 0 Å². The molecule has 6 nitrogen and oxygen atoms in total. The van der Waals surface area contributed by atoms with E-state index in [2.05, 4.69) is 6.92 Å². The minimum Gasteiger partial charge on any atom is -0.480 e. The summed E-state index contributed by atoms with van der Waals surface area (Å²) in [4.78, 5) is 23.4. The molecule has 1 aliphatic rings. The Labute approximate surface area is 136 Å². The van der Waals surface area contributed by atoms with E-state index in [-0.39, 0.29) is 6.42 Å². The van der Waals surface area contributed by atoms with Crippen LogP contribution in [0.15, 0.2) is 12.2 Å². The van der Waals surface area contributed by atoms with Gasteiger partial charge in [-0.2, -0.15) is 0 Å². The molecule has 0 heterocycles. The summed E-state index contributed by atoms with van der Waals surface area (Å²) in [6, 6.07) is 0. The van der Waals surface area contributed by atoms with Crippen LogP contribution in [-0.2, 0) is 9.59 Å². The zero-order valence-corrected chi connectivity index (χ0v) is 13.6. The lowest BCUT2D eigenvalue weighted by atomic mass is 9.77. The number of aliphatic carboxylic acids is 1. The van der Waals surface area contributed by atoms with Crippen molar-refractivity contribution in [3.05, 3.63) is 12.2 Å². The van der Waals surface area contributed by atoms with E-state index in [0.717, 1.165) is 25.7 Å². The van der Waals surface area contributed by atoms with Gasteiger partial charge in [0.05, 0.1) is 18.8 Å². The first kappa shape index (κ1) is 19.8. The Bertz CT molecular complexity index is 433. The third-order valence-corrected chi connectivity index (χ3v) is 4.65. The van der Waals surface area contributed by atoms with Crippen molar-refractivity contribution < 1.29 is 30.0 Å². The van der Waals surface area contributed by atoms with Crippen molar-refractivity contribution in [3.63, 3.8) is 0 Å². The lowest BCUT2D eigenvalue weighted by Crippen LogP contribution is -2.44. The van der Waals surface area contributed by atoms with E-state index >= 15 is 0 Å². The first-order valence-corrected chi connectivity index (χ1v) is 8.30. The highest BCUT2D eigenvalue weighted by atomic mass is 16.4. The van der Waals surface area contributed by atoms with Gasteiger partial charge in [-0.25, -0.2) is 0 Å².